The van der Waals surface area contributed by atoms with Gasteiger partial charge in [-0.25, -0.2) is 4.39 Å². The summed E-state index contributed by atoms with van der Waals surface area (Å²) >= 11 is 17.8. The molecule has 2 aromatic rings. The molecule has 0 unspecified atom stereocenters. The first-order valence-electron chi connectivity index (χ1n) is 6.90. The zero-order valence-electron chi connectivity index (χ0n) is 12.2. The molecule has 1 atom stereocenters. The van der Waals surface area contributed by atoms with E-state index in [4.69, 9.17) is 34.8 Å². The van der Waals surface area contributed by atoms with E-state index in [1.165, 1.54) is 18.2 Å². The van der Waals surface area contributed by atoms with Crippen LogP contribution in [0, 0.1) is 5.82 Å². The SMILES string of the molecule is C[C@H]([NH2+]CC(=O)Nc1cc(Cl)ccc1F)c1ccc(Cl)cc1Cl. The Labute approximate surface area is 148 Å². The van der Waals surface area contributed by atoms with Crippen LogP contribution in [0.3, 0.4) is 0 Å². The Bertz CT molecular complexity index is 724. The first kappa shape index (κ1) is 18.0. The van der Waals surface area contributed by atoms with Crippen molar-refractivity contribution >= 4 is 46.4 Å². The molecule has 0 fully saturated rings. The maximum Gasteiger partial charge on any atom is 0.279 e. The summed E-state index contributed by atoms with van der Waals surface area (Å²) in [6.07, 6.45) is 0. The highest BCUT2D eigenvalue weighted by Crippen LogP contribution is 2.24. The van der Waals surface area contributed by atoms with Crippen molar-refractivity contribution in [1.82, 2.24) is 0 Å². The molecular weight excluding hydrogens is 362 g/mol. The summed E-state index contributed by atoms with van der Waals surface area (Å²) in [6, 6.07) is 9.17. The van der Waals surface area contributed by atoms with Gasteiger partial charge < -0.3 is 10.6 Å². The quantitative estimate of drug-likeness (QED) is 0.812. The van der Waals surface area contributed by atoms with Crippen LogP contribution in [-0.2, 0) is 4.79 Å². The van der Waals surface area contributed by atoms with Gasteiger partial charge in [0.2, 0.25) is 0 Å². The Morgan fingerprint density at radius 3 is 2.52 bits per heavy atom. The van der Waals surface area contributed by atoms with E-state index in [0.29, 0.717) is 15.1 Å². The van der Waals surface area contributed by atoms with Gasteiger partial charge in [0, 0.05) is 15.6 Å². The van der Waals surface area contributed by atoms with E-state index in [9.17, 15) is 9.18 Å². The molecule has 0 radical (unpaired) electrons. The molecule has 7 heteroatoms. The summed E-state index contributed by atoms with van der Waals surface area (Å²) < 4.78 is 13.6. The van der Waals surface area contributed by atoms with Gasteiger partial charge in [-0.3, -0.25) is 4.79 Å². The number of nitrogens with one attached hydrogen (secondary N) is 1. The van der Waals surface area contributed by atoms with E-state index in [1.54, 1.807) is 17.4 Å². The Kier molecular flexibility index (Phi) is 6.25. The number of hydrogen-bond acceptors (Lipinski definition) is 1. The lowest BCUT2D eigenvalue weighted by molar-refractivity contribution is -0.682. The lowest BCUT2D eigenvalue weighted by Gasteiger charge is -2.13. The number of rotatable bonds is 5. The number of benzene rings is 2. The summed E-state index contributed by atoms with van der Waals surface area (Å²) in [7, 11) is 0. The van der Waals surface area contributed by atoms with Crippen LogP contribution in [0.4, 0.5) is 10.1 Å². The van der Waals surface area contributed by atoms with Gasteiger partial charge in [-0.05, 0) is 37.3 Å². The number of carbonyl (C=O) groups is 1. The fraction of sp³-hybridized carbons (Fsp3) is 0.188. The average Bonchev–Trinajstić information content (AvgIpc) is 2.48. The lowest BCUT2D eigenvalue weighted by atomic mass is 10.1. The number of hydrogen-bond donors (Lipinski definition) is 2. The molecule has 0 bridgehead atoms. The molecule has 2 rings (SSSR count). The zero-order chi connectivity index (χ0) is 17.0. The molecule has 2 aromatic carbocycles. The van der Waals surface area contributed by atoms with Crippen molar-refractivity contribution in [3.63, 3.8) is 0 Å². The maximum atomic E-state index is 13.6. The van der Waals surface area contributed by atoms with E-state index in [1.807, 2.05) is 13.0 Å². The average molecular weight is 377 g/mol. The normalized spacial score (nSPS) is 12.0. The molecule has 0 saturated carbocycles. The van der Waals surface area contributed by atoms with Crippen LogP contribution in [0.5, 0.6) is 0 Å². The third kappa shape index (κ3) is 5.08. The molecule has 0 heterocycles. The van der Waals surface area contributed by atoms with Crippen molar-refractivity contribution in [1.29, 1.82) is 0 Å². The summed E-state index contributed by atoms with van der Waals surface area (Å²) in [5.74, 6) is -0.861. The molecule has 0 aliphatic rings. The number of nitrogens with two attached hydrogens (primary N) is 1. The molecule has 0 aliphatic carbocycles. The molecule has 0 aliphatic heterocycles. The summed E-state index contributed by atoms with van der Waals surface area (Å²) in [5.41, 5.74) is 0.936. The molecule has 3 N–H and O–H groups in total. The summed E-state index contributed by atoms with van der Waals surface area (Å²) in [5, 5.41) is 5.75. The lowest BCUT2D eigenvalue weighted by Crippen LogP contribution is -2.86. The minimum Gasteiger partial charge on any atom is -0.332 e. The van der Waals surface area contributed by atoms with Gasteiger partial charge in [0.25, 0.3) is 5.91 Å². The maximum absolute atomic E-state index is 13.6. The predicted molar refractivity (Wildman–Crippen MR) is 91.7 cm³/mol. The van der Waals surface area contributed by atoms with Gasteiger partial charge >= 0.3 is 0 Å². The summed E-state index contributed by atoms with van der Waals surface area (Å²) in [4.78, 5) is 11.9. The van der Waals surface area contributed by atoms with Crippen LogP contribution in [0.15, 0.2) is 36.4 Å². The zero-order valence-corrected chi connectivity index (χ0v) is 14.5. The third-order valence-electron chi connectivity index (χ3n) is 3.31. The first-order valence-corrected chi connectivity index (χ1v) is 8.03. The summed E-state index contributed by atoms with van der Waals surface area (Å²) in [6.45, 7) is 2.04. The number of halogens is 4. The second kappa shape index (κ2) is 7.97. The van der Waals surface area contributed by atoms with E-state index in [-0.39, 0.29) is 24.2 Å². The van der Waals surface area contributed by atoms with E-state index < -0.39 is 5.82 Å². The topological polar surface area (TPSA) is 45.7 Å². The van der Waals surface area contributed by atoms with E-state index >= 15 is 0 Å². The number of quaternary nitrogens is 1. The van der Waals surface area contributed by atoms with E-state index in [2.05, 4.69) is 5.32 Å². The van der Waals surface area contributed by atoms with Gasteiger partial charge in [0.05, 0.1) is 10.7 Å². The second-order valence-corrected chi connectivity index (χ2v) is 6.35. The Morgan fingerprint density at radius 1 is 1.17 bits per heavy atom. The monoisotopic (exact) mass is 375 g/mol. The predicted octanol–water partition coefficient (Wildman–Crippen LogP) is 4.05. The molecule has 23 heavy (non-hydrogen) atoms. The number of carbonyl (C=O) groups excluding carboxylic acids is 1. The molecule has 3 nitrogen and oxygen atoms in total. The Balaban J connectivity index is 1.94. The highest BCUT2D eigenvalue weighted by molar-refractivity contribution is 6.35. The molecule has 122 valence electrons. The Hall–Kier alpha value is -1.33. The highest BCUT2D eigenvalue weighted by atomic mass is 35.5. The molecule has 1 amide bonds. The standard InChI is InChI=1S/C16H14Cl3FN2O/c1-9(12-4-2-10(17)6-13(12)19)21-8-16(23)22-15-7-11(18)3-5-14(15)20/h2-7,9,21H,8H2,1H3,(H,22,23)/p+1/t9-/m0/s1. The van der Waals surface area contributed by atoms with Gasteiger partial charge in [-0.1, -0.05) is 40.9 Å². The fourth-order valence-corrected chi connectivity index (χ4v) is 2.83. The minimum absolute atomic E-state index is 0.0466. The first-order chi connectivity index (χ1) is 10.9. The van der Waals surface area contributed by atoms with Crippen molar-refractivity contribution in [2.75, 3.05) is 11.9 Å². The molecular formula is C16H15Cl3FN2O+. The van der Waals surface area contributed by atoms with Crippen LogP contribution in [0.1, 0.15) is 18.5 Å². The molecule has 0 spiro atoms. The number of amides is 1. The van der Waals surface area contributed by atoms with Crippen molar-refractivity contribution in [2.24, 2.45) is 0 Å². The molecule has 0 aromatic heterocycles. The largest absolute Gasteiger partial charge is 0.332 e. The number of anilines is 1. The van der Waals surface area contributed by atoms with Gasteiger partial charge in [-0.2, -0.15) is 0 Å². The third-order valence-corrected chi connectivity index (χ3v) is 4.11. The van der Waals surface area contributed by atoms with Crippen LogP contribution < -0.4 is 10.6 Å². The molecule has 0 saturated heterocycles. The fourth-order valence-electron chi connectivity index (χ4n) is 2.08. The highest BCUT2D eigenvalue weighted by Gasteiger charge is 2.15. The van der Waals surface area contributed by atoms with Crippen molar-refractivity contribution in [2.45, 2.75) is 13.0 Å². The van der Waals surface area contributed by atoms with Gasteiger partial charge in [0.1, 0.15) is 11.9 Å². The van der Waals surface area contributed by atoms with Crippen molar-refractivity contribution in [3.8, 4) is 0 Å². The van der Waals surface area contributed by atoms with Gasteiger partial charge in [0.15, 0.2) is 6.54 Å². The van der Waals surface area contributed by atoms with Crippen molar-refractivity contribution < 1.29 is 14.5 Å². The van der Waals surface area contributed by atoms with Crippen LogP contribution in [0.25, 0.3) is 0 Å². The van der Waals surface area contributed by atoms with Crippen LogP contribution in [-0.4, -0.2) is 12.5 Å². The van der Waals surface area contributed by atoms with Gasteiger partial charge in [-0.15, -0.1) is 0 Å². The van der Waals surface area contributed by atoms with Crippen LogP contribution >= 0.6 is 34.8 Å². The van der Waals surface area contributed by atoms with Crippen LogP contribution in [0.2, 0.25) is 15.1 Å². The second-order valence-electron chi connectivity index (χ2n) is 5.07. The van der Waals surface area contributed by atoms with Crippen molar-refractivity contribution in [3.05, 3.63) is 62.8 Å². The minimum atomic E-state index is -0.531. The van der Waals surface area contributed by atoms with E-state index in [0.717, 1.165) is 5.56 Å². The smallest absolute Gasteiger partial charge is 0.279 e. The Morgan fingerprint density at radius 2 is 1.83 bits per heavy atom.